The number of guanidine groups is 1. The zero-order chi connectivity index (χ0) is 41.4. The minimum absolute atomic E-state index is 0.0290. The third kappa shape index (κ3) is 15.6. The van der Waals surface area contributed by atoms with E-state index in [0.29, 0.717) is 28.6 Å². The number of nitrogens with two attached hydrogens (primary N) is 3. The number of carbonyl (C=O) groups excluding carboxylic acids is 6. The summed E-state index contributed by atoms with van der Waals surface area (Å²) in [5.41, 5.74) is 17.6. The number of phenols is 1. The summed E-state index contributed by atoms with van der Waals surface area (Å²) >= 11 is 2.45. The molecule has 56 heavy (non-hydrogen) atoms. The molecule has 0 radical (unpaired) electrons. The van der Waals surface area contributed by atoms with Crippen molar-refractivity contribution in [1.29, 1.82) is 0 Å². The lowest BCUT2D eigenvalue weighted by atomic mass is 10.00. The third-order valence-corrected chi connectivity index (χ3v) is 10.00. The van der Waals surface area contributed by atoms with Crippen molar-refractivity contribution in [1.82, 2.24) is 31.6 Å². The predicted molar refractivity (Wildman–Crippen MR) is 209 cm³/mol. The summed E-state index contributed by atoms with van der Waals surface area (Å²) in [5.74, 6) is -6.34. The first kappa shape index (κ1) is 44.8. The van der Waals surface area contributed by atoms with Crippen LogP contribution in [-0.4, -0.2) is 112 Å². The summed E-state index contributed by atoms with van der Waals surface area (Å²) in [6.07, 6.45) is -0.325. The Balaban J connectivity index is 1.97. The second-order valence-electron chi connectivity index (χ2n) is 13.3. The molecule has 1 aliphatic rings. The second-order valence-corrected chi connectivity index (χ2v) is 15.2. The van der Waals surface area contributed by atoms with Crippen molar-refractivity contribution >= 4 is 75.6 Å². The Morgan fingerprint density at radius 1 is 0.893 bits per heavy atom. The van der Waals surface area contributed by atoms with Gasteiger partial charge in [-0.25, -0.2) is 4.98 Å². The number of rotatable bonds is 11. The molecule has 20 nitrogen and oxygen atoms in total. The van der Waals surface area contributed by atoms with Gasteiger partial charge in [0.15, 0.2) is 11.1 Å². The lowest BCUT2D eigenvalue weighted by Crippen LogP contribution is -2.59. The van der Waals surface area contributed by atoms with Gasteiger partial charge in [-0.15, -0.1) is 11.3 Å². The van der Waals surface area contributed by atoms with Gasteiger partial charge in [-0.05, 0) is 42.9 Å². The van der Waals surface area contributed by atoms with Crippen LogP contribution in [0.2, 0.25) is 0 Å². The summed E-state index contributed by atoms with van der Waals surface area (Å²) < 4.78 is 0. The molecule has 2 heterocycles. The number of hydrogen-bond donors (Lipinski definition) is 11. The molecule has 1 aliphatic heterocycles. The number of carbonyl (C=O) groups is 7. The normalized spacial score (nSPS) is 22.0. The number of aliphatic carboxylic acids is 1. The van der Waals surface area contributed by atoms with E-state index in [0.717, 1.165) is 0 Å². The number of primary amides is 1. The molecule has 1 aromatic heterocycles. The Bertz CT molecular complexity index is 1740. The Labute approximate surface area is 331 Å². The average molecular weight is 820 g/mol. The van der Waals surface area contributed by atoms with Crippen molar-refractivity contribution in [3.8, 4) is 5.75 Å². The van der Waals surface area contributed by atoms with Gasteiger partial charge in [0.05, 0.1) is 18.7 Å². The number of thioether (sulfide) groups is 1. The van der Waals surface area contributed by atoms with Crippen LogP contribution < -0.4 is 49.1 Å². The molecule has 2 unspecified atom stereocenters. The molecule has 0 fully saturated rings. The molecule has 2 bridgehead atoms. The van der Waals surface area contributed by atoms with Crippen LogP contribution >= 0.6 is 23.1 Å². The maximum absolute atomic E-state index is 13.8. The second kappa shape index (κ2) is 22.0. The van der Waals surface area contributed by atoms with Crippen molar-refractivity contribution in [2.45, 2.75) is 81.9 Å². The first-order chi connectivity index (χ1) is 26.5. The van der Waals surface area contributed by atoms with E-state index < -0.39 is 84.6 Å². The highest BCUT2D eigenvalue weighted by Crippen LogP contribution is 2.22. The van der Waals surface area contributed by atoms with Gasteiger partial charge in [0.2, 0.25) is 35.4 Å². The highest BCUT2D eigenvalue weighted by atomic mass is 32.2. The van der Waals surface area contributed by atoms with E-state index in [1.54, 1.807) is 31.4 Å². The molecular formula is C34H49N11O9S2. The molecule has 1 aromatic carbocycles. The zero-order valence-corrected chi connectivity index (χ0v) is 32.5. The topological polar surface area (TPSA) is 335 Å². The van der Waals surface area contributed by atoms with Crippen molar-refractivity contribution in [2.75, 3.05) is 24.2 Å². The number of aromatic hydroxyl groups is 1. The molecule has 0 saturated heterocycles. The van der Waals surface area contributed by atoms with Crippen LogP contribution in [0.25, 0.3) is 0 Å². The molecule has 306 valence electrons. The minimum atomic E-state index is -1.66. The number of carboxylic acid groups (broad SMARTS) is 1. The average Bonchev–Trinajstić information content (AvgIpc) is 3.57. The summed E-state index contributed by atoms with van der Waals surface area (Å²) in [7, 11) is 0. The van der Waals surface area contributed by atoms with Crippen LogP contribution in [0.15, 0.2) is 34.6 Å². The predicted octanol–water partition coefficient (Wildman–Crippen LogP) is -1.77. The van der Waals surface area contributed by atoms with Crippen LogP contribution in [0.5, 0.6) is 5.75 Å². The van der Waals surface area contributed by atoms with Crippen molar-refractivity contribution in [3.05, 3.63) is 40.9 Å². The maximum atomic E-state index is 13.8. The number of nitrogens with one attached hydrogen (secondary N) is 6. The molecule has 0 spiro atoms. The van der Waals surface area contributed by atoms with Crippen LogP contribution in [0.3, 0.4) is 0 Å². The number of amides is 6. The Kier molecular flexibility index (Phi) is 17.6. The van der Waals surface area contributed by atoms with Crippen LogP contribution in [0.1, 0.15) is 50.8 Å². The van der Waals surface area contributed by atoms with Crippen molar-refractivity contribution in [2.24, 2.45) is 28.1 Å². The Morgan fingerprint density at radius 2 is 1.55 bits per heavy atom. The largest absolute Gasteiger partial charge is 0.508 e. The highest BCUT2D eigenvalue weighted by molar-refractivity contribution is 7.98. The van der Waals surface area contributed by atoms with Gasteiger partial charge >= 0.3 is 5.97 Å². The number of carboxylic acids is 1. The van der Waals surface area contributed by atoms with E-state index in [1.165, 1.54) is 35.2 Å². The summed E-state index contributed by atoms with van der Waals surface area (Å²) in [6.45, 7) is 3.13. The number of hydrogen-bond acceptors (Lipinski definition) is 13. The van der Waals surface area contributed by atoms with E-state index >= 15 is 0 Å². The number of thiazole rings is 1. The standard InChI is InChI=1S/C34H49N11O9S2/c1-17(2)10-22-30(52)43-23(11-18-5-7-20(46)8-6-18)31(53)44-25(28(35)50)16-55-14-19-15-56-34(40-19)45-21(4-3-9-38-33(36)37)29(51)39-13-26(47)41-24(12-27(48)49)32(54)42-22/h5-8,15,17,21-25,46H,3-4,9-14,16H2,1-2H3,(H2,35,50)(H,39,51)(H,40,45)(H,41,47)(H,42,54)(H,43,52)(H,44,53)(H,48,49)(H4,36,37,38)/t21-,22?,23-,24?,25-/m0/s1. The van der Waals surface area contributed by atoms with E-state index in [1.807, 2.05) is 0 Å². The number of phenolic OH excluding ortho intramolecular Hbond substituents is 1. The summed E-state index contributed by atoms with van der Waals surface area (Å²) in [6, 6.07) is -0.468. The van der Waals surface area contributed by atoms with Crippen LogP contribution in [0, 0.1) is 5.92 Å². The number of aliphatic imine (C=N–C) groups is 1. The SMILES string of the molecule is CC(C)CC1NC(=O)C(CC(=O)O)NC(=O)CNC(=O)[C@H](CCCN=C(N)N)Nc2nc(cs2)CSC[C@@H](C(N)=O)NC(=O)[C@H](Cc2ccc(O)cc2)NC1=O. The zero-order valence-electron chi connectivity index (χ0n) is 30.9. The molecule has 0 aliphatic carbocycles. The van der Waals surface area contributed by atoms with E-state index in [-0.39, 0.29) is 49.2 Å². The van der Waals surface area contributed by atoms with Gasteiger partial charge < -0.3 is 59.3 Å². The summed E-state index contributed by atoms with van der Waals surface area (Å²) in [4.78, 5) is 100. The lowest BCUT2D eigenvalue weighted by Gasteiger charge is -2.27. The van der Waals surface area contributed by atoms with Crippen LogP contribution in [0.4, 0.5) is 5.13 Å². The highest BCUT2D eigenvalue weighted by Gasteiger charge is 2.33. The molecular weight excluding hydrogens is 771 g/mol. The first-order valence-corrected chi connectivity index (χ1v) is 19.6. The fourth-order valence-corrected chi connectivity index (χ4v) is 7.18. The van der Waals surface area contributed by atoms with Gasteiger partial charge in [-0.2, -0.15) is 11.8 Å². The fourth-order valence-electron chi connectivity index (χ4n) is 5.35. The van der Waals surface area contributed by atoms with Gasteiger partial charge in [-0.1, -0.05) is 26.0 Å². The molecule has 6 amide bonds. The number of aromatic nitrogens is 1. The fraction of sp³-hybridized carbons (Fsp3) is 0.500. The first-order valence-electron chi connectivity index (χ1n) is 17.6. The maximum Gasteiger partial charge on any atom is 0.305 e. The minimum Gasteiger partial charge on any atom is -0.508 e. The Morgan fingerprint density at radius 3 is 2.20 bits per heavy atom. The lowest BCUT2D eigenvalue weighted by molar-refractivity contribution is -0.141. The molecule has 14 N–H and O–H groups in total. The molecule has 5 atom stereocenters. The van der Waals surface area contributed by atoms with Crippen molar-refractivity contribution in [3.63, 3.8) is 0 Å². The third-order valence-electron chi connectivity index (χ3n) is 8.11. The number of benzene rings is 1. The monoisotopic (exact) mass is 819 g/mol. The van der Waals surface area contributed by atoms with Gasteiger partial charge in [0, 0.05) is 29.9 Å². The quantitative estimate of drug-likeness (QED) is 0.0680. The molecule has 0 saturated carbocycles. The molecule has 22 heteroatoms. The number of fused-ring (bicyclic) bond motifs is 2. The number of nitrogens with zero attached hydrogens (tertiary/aromatic N) is 2. The van der Waals surface area contributed by atoms with E-state index in [9.17, 15) is 43.8 Å². The smallest absolute Gasteiger partial charge is 0.305 e. The number of anilines is 1. The van der Waals surface area contributed by atoms with Crippen molar-refractivity contribution < 1.29 is 43.8 Å². The van der Waals surface area contributed by atoms with Gasteiger partial charge in [0.25, 0.3) is 0 Å². The van der Waals surface area contributed by atoms with Crippen LogP contribution in [-0.2, 0) is 45.7 Å². The van der Waals surface area contributed by atoms with Gasteiger partial charge in [0.1, 0.15) is 36.0 Å². The van der Waals surface area contributed by atoms with E-state index in [4.69, 9.17) is 17.2 Å². The molecule has 2 aromatic rings. The Hall–Kier alpha value is -5.64. The summed E-state index contributed by atoms with van der Waals surface area (Å²) in [5, 5.41) is 37.0. The van der Waals surface area contributed by atoms with Gasteiger partial charge in [-0.3, -0.25) is 38.6 Å². The van der Waals surface area contributed by atoms with E-state index in [2.05, 4.69) is 41.9 Å². The molecule has 3 rings (SSSR count).